The highest BCUT2D eigenvalue weighted by atomic mass is 19.2. The SMILES string of the molecule is Fc1cccc(-c2cccc3c2[C@H]2CCNCC[C@@H]2N3)c1F. The number of benzene rings is 2. The molecule has 0 spiro atoms. The van der Waals surface area contributed by atoms with Crippen LogP contribution in [0.2, 0.25) is 0 Å². The maximum atomic E-state index is 14.3. The van der Waals surface area contributed by atoms with Crippen molar-refractivity contribution in [3.05, 3.63) is 53.6 Å². The Kier molecular flexibility index (Phi) is 3.34. The lowest BCUT2D eigenvalue weighted by atomic mass is 9.86. The molecule has 2 aromatic rings. The molecule has 0 aromatic heterocycles. The van der Waals surface area contributed by atoms with Crippen LogP contribution in [0.15, 0.2) is 36.4 Å². The number of anilines is 1. The number of rotatable bonds is 1. The largest absolute Gasteiger partial charge is 0.381 e. The first kappa shape index (κ1) is 13.7. The van der Waals surface area contributed by atoms with Gasteiger partial charge in [0.1, 0.15) is 0 Å². The maximum absolute atomic E-state index is 14.3. The lowest BCUT2D eigenvalue weighted by Crippen LogP contribution is -2.21. The van der Waals surface area contributed by atoms with Crippen molar-refractivity contribution in [3.63, 3.8) is 0 Å². The summed E-state index contributed by atoms with van der Waals surface area (Å²) in [6.45, 7) is 1.95. The summed E-state index contributed by atoms with van der Waals surface area (Å²) in [5.41, 5.74) is 3.38. The van der Waals surface area contributed by atoms with Crippen LogP contribution in [0.4, 0.5) is 14.5 Å². The highest BCUT2D eigenvalue weighted by molar-refractivity contribution is 5.78. The minimum absolute atomic E-state index is 0.351. The van der Waals surface area contributed by atoms with Crippen molar-refractivity contribution < 1.29 is 8.78 Å². The van der Waals surface area contributed by atoms with E-state index in [-0.39, 0.29) is 0 Å². The number of nitrogens with one attached hydrogen (secondary N) is 2. The van der Waals surface area contributed by atoms with E-state index in [4.69, 9.17) is 0 Å². The van der Waals surface area contributed by atoms with Gasteiger partial charge in [-0.05, 0) is 49.2 Å². The quantitative estimate of drug-likeness (QED) is 0.835. The van der Waals surface area contributed by atoms with Crippen molar-refractivity contribution in [2.75, 3.05) is 18.4 Å². The van der Waals surface area contributed by atoms with Crippen molar-refractivity contribution in [1.82, 2.24) is 5.32 Å². The molecule has 0 bridgehead atoms. The van der Waals surface area contributed by atoms with Gasteiger partial charge >= 0.3 is 0 Å². The normalized spacial score (nSPS) is 23.4. The second kappa shape index (κ2) is 5.36. The zero-order chi connectivity index (χ0) is 15.1. The average Bonchev–Trinajstić information content (AvgIpc) is 2.72. The van der Waals surface area contributed by atoms with E-state index in [0.717, 1.165) is 42.7 Å². The third-order valence-electron chi connectivity index (χ3n) is 4.81. The highest BCUT2D eigenvalue weighted by Crippen LogP contribution is 2.45. The van der Waals surface area contributed by atoms with Gasteiger partial charge in [0.05, 0.1) is 0 Å². The Morgan fingerprint density at radius 2 is 1.68 bits per heavy atom. The predicted molar refractivity (Wildman–Crippen MR) is 84.0 cm³/mol. The number of halogens is 2. The summed E-state index contributed by atoms with van der Waals surface area (Å²) in [5, 5.41) is 6.98. The molecule has 0 saturated carbocycles. The fourth-order valence-electron chi connectivity index (χ4n) is 3.80. The molecule has 0 unspecified atom stereocenters. The van der Waals surface area contributed by atoms with Crippen LogP contribution in [-0.2, 0) is 0 Å². The molecular weight excluding hydrogens is 282 g/mol. The Hall–Kier alpha value is -1.94. The minimum Gasteiger partial charge on any atom is -0.381 e. The molecule has 114 valence electrons. The molecule has 2 nitrogen and oxygen atoms in total. The van der Waals surface area contributed by atoms with Crippen molar-refractivity contribution in [1.29, 1.82) is 0 Å². The predicted octanol–water partition coefficient (Wildman–Crippen LogP) is 3.89. The first-order chi connectivity index (χ1) is 10.8. The van der Waals surface area contributed by atoms with Crippen LogP contribution in [0, 0.1) is 11.6 Å². The van der Waals surface area contributed by atoms with Crippen molar-refractivity contribution in [2.45, 2.75) is 24.8 Å². The summed E-state index contributed by atoms with van der Waals surface area (Å²) in [7, 11) is 0. The molecule has 0 amide bonds. The fourth-order valence-corrected chi connectivity index (χ4v) is 3.80. The van der Waals surface area contributed by atoms with E-state index in [0.29, 0.717) is 17.5 Å². The second-order valence-electron chi connectivity index (χ2n) is 6.05. The molecule has 22 heavy (non-hydrogen) atoms. The molecular formula is C18H18F2N2. The Balaban J connectivity index is 1.87. The summed E-state index contributed by atoms with van der Waals surface area (Å²) in [5.74, 6) is -1.20. The molecule has 4 heteroatoms. The van der Waals surface area contributed by atoms with Gasteiger partial charge in [0.25, 0.3) is 0 Å². The lowest BCUT2D eigenvalue weighted by molar-refractivity contribution is 0.511. The molecule has 2 heterocycles. The van der Waals surface area contributed by atoms with Gasteiger partial charge in [-0.15, -0.1) is 0 Å². The zero-order valence-corrected chi connectivity index (χ0v) is 12.2. The Morgan fingerprint density at radius 3 is 2.59 bits per heavy atom. The van der Waals surface area contributed by atoms with E-state index in [1.807, 2.05) is 18.2 Å². The summed E-state index contributed by atoms with van der Waals surface area (Å²) in [4.78, 5) is 0. The van der Waals surface area contributed by atoms with Gasteiger partial charge in [0.2, 0.25) is 0 Å². The smallest absolute Gasteiger partial charge is 0.166 e. The number of hydrogen-bond donors (Lipinski definition) is 2. The van der Waals surface area contributed by atoms with Gasteiger partial charge < -0.3 is 10.6 Å². The Morgan fingerprint density at radius 1 is 0.909 bits per heavy atom. The van der Waals surface area contributed by atoms with Gasteiger partial charge in [-0.25, -0.2) is 8.78 Å². The fraction of sp³-hybridized carbons (Fsp3) is 0.333. The van der Waals surface area contributed by atoms with Crippen LogP contribution in [0.3, 0.4) is 0 Å². The average molecular weight is 300 g/mol. The summed E-state index contributed by atoms with van der Waals surface area (Å²) < 4.78 is 27.9. The van der Waals surface area contributed by atoms with Crippen LogP contribution in [0.5, 0.6) is 0 Å². The summed E-state index contributed by atoms with van der Waals surface area (Å²) in [6.07, 6.45) is 2.06. The molecule has 2 aliphatic heterocycles. The van der Waals surface area contributed by atoms with Gasteiger partial charge in [-0.1, -0.05) is 24.3 Å². The van der Waals surface area contributed by atoms with E-state index >= 15 is 0 Å². The molecule has 1 saturated heterocycles. The molecule has 2 aliphatic rings. The third-order valence-corrected chi connectivity index (χ3v) is 4.81. The highest BCUT2D eigenvalue weighted by Gasteiger charge is 2.35. The number of fused-ring (bicyclic) bond motifs is 3. The monoisotopic (exact) mass is 300 g/mol. The maximum Gasteiger partial charge on any atom is 0.166 e. The van der Waals surface area contributed by atoms with Gasteiger partial charge in [-0.2, -0.15) is 0 Å². The molecule has 2 atom stereocenters. The molecule has 4 rings (SSSR count). The first-order valence-corrected chi connectivity index (χ1v) is 7.80. The van der Waals surface area contributed by atoms with Crippen molar-refractivity contribution in [2.24, 2.45) is 0 Å². The second-order valence-corrected chi connectivity index (χ2v) is 6.05. The van der Waals surface area contributed by atoms with Gasteiger partial charge in [0, 0.05) is 23.2 Å². The first-order valence-electron chi connectivity index (χ1n) is 7.80. The molecule has 0 aliphatic carbocycles. The summed E-state index contributed by atoms with van der Waals surface area (Å²) in [6, 6.07) is 10.6. The van der Waals surface area contributed by atoms with Gasteiger partial charge in [0.15, 0.2) is 11.6 Å². The zero-order valence-electron chi connectivity index (χ0n) is 12.2. The van der Waals surface area contributed by atoms with Crippen molar-refractivity contribution in [3.8, 4) is 11.1 Å². The van der Waals surface area contributed by atoms with Crippen molar-refractivity contribution >= 4 is 5.69 Å². The van der Waals surface area contributed by atoms with E-state index < -0.39 is 11.6 Å². The molecule has 2 aromatic carbocycles. The van der Waals surface area contributed by atoms with Crippen LogP contribution < -0.4 is 10.6 Å². The topological polar surface area (TPSA) is 24.1 Å². The Labute approximate surface area is 128 Å². The van der Waals surface area contributed by atoms with E-state index in [1.54, 1.807) is 12.1 Å². The Bertz CT molecular complexity index is 714. The van der Waals surface area contributed by atoms with E-state index in [9.17, 15) is 8.78 Å². The third kappa shape index (κ3) is 2.10. The van der Waals surface area contributed by atoms with Crippen LogP contribution in [0.1, 0.15) is 24.3 Å². The molecule has 2 N–H and O–H groups in total. The van der Waals surface area contributed by atoms with E-state index in [2.05, 4.69) is 10.6 Å². The van der Waals surface area contributed by atoms with Crippen LogP contribution in [0.25, 0.3) is 11.1 Å². The lowest BCUT2D eigenvalue weighted by Gasteiger charge is -2.18. The molecule has 0 radical (unpaired) electrons. The van der Waals surface area contributed by atoms with Crippen LogP contribution in [-0.4, -0.2) is 19.1 Å². The van der Waals surface area contributed by atoms with Crippen LogP contribution >= 0.6 is 0 Å². The minimum atomic E-state index is -0.792. The molecule has 1 fully saturated rings. The number of hydrogen-bond acceptors (Lipinski definition) is 2. The van der Waals surface area contributed by atoms with E-state index in [1.165, 1.54) is 6.07 Å². The standard InChI is InChI=1S/C18H18F2N2/c19-14-5-1-4-12(18(14)20)11-3-2-6-16-17(11)13-7-9-21-10-8-15(13)22-16/h1-6,13,15,21-22H,7-10H2/t13-,15-/m0/s1. The summed E-state index contributed by atoms with van der Waals surface area (Å²) >= 11 is 0. The van der Waals surface area contributed by atoms with Gasteiger partial charge in [-0.3, -0.25) is 0 Å².